The van der Waals surface area contributed by atoms with Crippen LogP contribution >= 0.6 is 0 Å². The maximum absolute atomic E-state index is 13.5. The zero-order valence-electron chi connectivity index (χ0n) is 11.9. The van der Waals surface area contributed by atoms with E-state index in [1.54, 1.807) is 0 Å². The van der Waals surface area contributed by atoms with E-state index < -0.39 is 41.1 Å². The number of hydrogen-bond donors (Lipinski definition) is 2. The molecule has 0 aliphatic carbocycles. The van der Waals surface area contributed by atoms with E-state index in [-0.39, 0.29) is 12.0 Å². The van der Waals surface area contributed by atoms with Crippen LogP contribution in [0.4, 0.5) is 13.6 Å². The molecule has 0 radical (unpaired) electrons. The smallest absolute Gasteiger partial charge is 0.326 e. The van der Waals surface area contributed by atoms with Gasteiger partial charge in [-0.2, -0.15) is 0 Å². The van der Waals surface area contributed by atoms with E-state index in [0.29, 0.717) is 6.07 Å². The quantitative estimate of drug-likeness (QED) is 0.827. The van der Waals surface area contributed by atoms with Crippen LogP contribution in [0.3, 0.4) is 0 Å². The molecule has 1 aromatic carbocycles. The molecule has 8 heteroatoms. The van der Waals surface area contributed by atoms with Gasteiger partial charge < -0.3 is 5.11 Å². The lowest BCUT2D eigenvalue weighted by molar-refractivity contribution is -0.144. The first-order valence-corrected chi connectivity index (χ1v) is 6.56. The number of rotatable bonds is 4. The third-order valence-corrected chi connectivity index (χ3v) is 3.77. The molecule has 6 nitrogen and oxygen atoms in total. The lowest BCUT2D eigenvalue weighted by Crippen LogP contribution is -2.52. The van der Waals surface area contributed by atoms with Crippen LogP contribution < -0.4 is 5.32 Å². The van der Waals surface area contributed by atoms with E-state index in [1.807, 2.05) is 5.32 Å². The minimum atomic E-state index is -1.81. The van der Waals surface area contributed by atoms with Gasteiger partial charge in [0.05, 0.1) is 0 Å². The molecule has 0 aromatic heterocycles. The number of hydrogen-bond acceptors (Lipinski definition) is 3. The van der Waals surface area contributed by atoms with Gasteiger partial charge in [-0.05, 0) is 31.0 Å². The van der Waals surface area contributed by atoms with Gasteiger partial charge in [-0.25, -0.2) is 18.4 Å². The van der Waals surface area contributed by atoms with Crippen molar-refractivity contribution in [1.82, 2.24) is 10.2 Å². The van der Waals surface area contributed by atoms with Crippen LogP contribution in [-0.4, -0.2) is 34.0 Å². The Morgan fingerprint density at radius 3 is 2.32 bits per heavy atom. The van der Waals surface area contributed by atoms with Crippen LogP contribution in [0.15, 0.2) is 18.2 Å². The molecule has 1 aromatic rings. The maximum atomic E-state index is 13.5. The molecule has 2 N–H and O–H groups in total. The highest BCUT2D eigenvalue weighted by Gasteiger charge is 2.54. The Kier molecular flexibility index (Phi) is 3.87. The van der Waals surface area contributed by atoms with Gasteiger partial charge in [0.25, 0.3) is 5.91 Å². The molecule has 1 heterocycles. The molecule has 118 valence electrons. The summed E-state index contributed by atoms with van der Waals surface area (Å²) in [4.78, 5) is 36.3. The summed E-state index contributed by atoms with van der Waals surface area (Å²) in [5.74, 6) is -3.99. The first-order valence-electron chi connectivity index (χ1n) is 6.56. The molecule has 0 saturated carbocycles. The molecule has 1 saturated heterocycles. The van der Waals surface area contributed by atoms with Gasteiger partial charge in [0.15, 0.2) is 0 Å². The monoisotopic (exact) mass is 312 g/mol. The van der Waals surface area contributed by atoms with Crippen LogP contribution in [0.5, 0.6) is 0 Å². The molecular weight excluding hydrogens is 298 g/mol. The van der Waals surface area contributed by atoms with E-state index in [9.17, 15) is 28.3 Å². The molecule has 3 amide bonds. The maximum Gasteiger partial charge on any atom is 0.326 e. The van der Waals surface area contributed by atoms with Gasteiger partial charge in [0.2, 0.25) is 0 Å². The summed E-state index contributed by atoms with van der Waals surface area (Å²) in [6, 6.07) is 0.223. The summed E-state index contributed by atoms with van der Waals surface area (Å²) in [6.45, 7) is 2.79. The molecule has 1 fully saturated rings. The topological polar surface area (TPSA) is 86.7 Å². The van der Waals surface area contributed by atoms with Crippen molar-refractivity contribution in [2.45, 2.75) is 31.8 Å². The van der Waals surface area contributed by atoms with Crippen molar-refractivity contribution in [3.05, 3.63) is 35.4 Å². The molecular formula is C14H14F2N2O4. The summed E-state index contributed by atoms with van der Waals surface area (Å²) in [5, 5.41) is 11.2. The zero-order chi connectivity index (χ0) is 16.7. The molecule has 1 aliphatic rings. The van der Waals surface area contributed by atoms with Gasteiger partial charge in [-0.15, -0.1) is 0 Å². The lowest BCUT2D eigenvalue weighted by Gasteiger charge is -2.35. The summed E-state index contributed by atoms with van der Waals surface area (Å²) in [6.07, 6.45) is 0.0312. The van der Waals surface area contributed by atoms with Crippen LogP contribution in [0, 0.1) is 11.6 Å². The Balaban J connectivity index is 2.63. The Morgan fingerprint density at radius 1 is 1.32 bits per heavy atom. The summed E-state index contributed by atoms with van der Waals surface area (Å²) < 4.78 is 26.9. The molecule has 22 heavy (non-hydrogen) atoms. The average Bonchev–Trinajstić information content (AvgIpc) is 2.62. The zero-order valence-corrected chi connectivity index (χ0v) is 11.9. The Hall–Kier alpha value is -2.51. The molecule has 1 aliphatic heterocycles. The normalized spacial score (nSPS) is 22.6. The highest BCUT2D eigenvalue weighted by atomic mass is 19.1. The molecule has 2 atom stereocenters. The van der Waals surface area contributed by atoms with Crippen molar-refractivity contribution in [1.29, 1.82) is 0 Å². The van der Waals surface area contributed by atoms with Crippen molar-refractivity contribution in [2.75, 3.05) is 0 Å². The van der Waals surface area contributed by atoms with Gasteiger partial charge in [-0.3, -0.25) is 15.0 Å². The summed E-state index contributed by atoms with van der Waals surface area (Å²) >= 11 is 0. The third kappa shape index (κ3) is 2.30. The summed E-state index contributed by atoms with van der Waals surface area (Å²) in [7, 11) is 0. The lowest BCUT2D eigenvalue weighted by atomic mass is 9.88. The van der Waals surface area contributed by atoms with Gasteiger partial charge in [0, 0.05) is 6.07 Å². The first-order chi connectivity index (χ1) is 10.2. The van der Waals surface area contributed by atoms with E-state index in [4.69, 9.17) is 0 Å². The Morgan fingerprint density at radius 2 is 1.86 bits per heavy atom. The number of halogens is 2. The van der Waals surface area contributed by atoms with Crippen molar-refractivity contribution >= 4 is 17.9 Å². The van der Waals surface area contributed by atoms with Crippen molar-refractivity contribution in [3.8, 4) is 0 Å². The average molecular weight is 312 g/mol. The van der Waals surface area contributed by atoms with Crippen molar-refractivity contribution in [2.24, 2.45) is 0 Å². The number of nitrogens with zero attached hydrogens (tertiary/aromatic N) is 1. The van der Waals surface area contributed by atoms with Crippen molar-refractivity contribution in [3.63, 3.8) is 0 Å². The molecule has 0 bridgehead atoms. The number of benzene rings is 1. The fourth-order valence-corrected chi connectivity index (χ4v) is 2.62. The first kappa shape index (κ1) is 15.9. The number of carbonyl (C=O) groups is 3. The standard InChI is InChI=1S/C14H14F2N2O4/c1-3-10(11(19)20)18-13(22)17-12(21)14(18,2)7-4-8(15)6-9(16)5-7/h4-6,10H,3H2,1-2H3,(H,19,20)(H,17,21,22). The number of carboxylic acid groups (broad SMARTS) is 1. The predicted octanol–water partition coefficient (Wildman–Crippen LogP) is 1.59. The second-order valence-electron chi connectivity index (χ2n) is 5.12. The van der Waals surface area contributed by atoms with E-state index >= 15 is 0 Å². The highest BCUT2D eigenvalue weighted by molar-refractivity contribution is 6.08. The number of urea groups is 1. The third-order valence-electron chi connectivity index (χ3n) is 3.77. The number of imide groups is 1. The Labute approximate surface area is 124 Å². The Bertz CT molecular complexity index is 644. The molecule has 0 spiro atoms. The summed E-state index contributed by atoms with van der Waals surface area (Å²) in [5.41, 5.74) is -1.94. The number of carboxylic acids is 1. The van der Waals surface area contributed by atoms with Crippen LogP contribution in [0.1, 0.15) is 25.8 Å². The molecule has 2 rings (SSSR count). The van der Waals surface area contributed by atoms with Gasteiger partial charge >= 0.3 is 12.0 Å². The second kappa shape index (κ2) is 5.36. The van der Waals surface area contributed by atoms with E-state index in [1.165, 1.54) is 13.8 Å². The SMILES string of the molecule is CCC(C(=O)O)N1C(=O)NC(=O)C1(C)c1cc(F)cc(F)c1. The second-order valence-corrected chi connectivity index (χ2v) is 5.12. The van der Waals surface area contributed by atoms with E-state index in [0.717, 1.165) is 17.0 Å². The number of carbonyl (C=O) groups excluding carboxylic acids is 2. The fraction of sp³-hybridized carbons (Fsp3) is 0.357. The minimum Gasteiger partial charge on any atom is -0.480 e. The molecule has 2 unspecified atom stereocenters. The van der Waals surface area contributed by atoms with Crippen LogP contribution in [0.25, 0.3) is 0 Å². The van der Waals surface area contributed by atoms with Gasteiger partial charge in [-0.1, -0.05) is 6.92 Å². The highest BCUT2D eigenvalue weighted by Crippen LogP contribution is 2.36. The van der Waals surface area contributed by atoms with Crippen LogP contribution in [0.2, 0.25) is 0 Å². The fourth-order valence-electron chi connectivity index (χ4n) is 2.62. The number of amides is 3. The predicted molar refractivity (Wildman–Crippen MR) is 70.8 cm³/mol. The number of aliphatic carboxylic acids is 1. The van der Waals surface area contributed by atoms with Crippen LogP contribution in [-0.2, 0) is 15.1 Å². The minimum absolute atomic E-state index is 0.0312. The van der Waals surface area contributed by atoms with Gasteiger partial charge in [0.1, 0.15) is 23.2 Å². The largest absolute Gasteiger partial charge is 0.480 e. The van der Waals surface area contributed by atoms with E-state index in [2.05, 4.69) is 0 Å². The number of nitrogens with one attached hydrogen (secondary N) is 1. The van der Waals surface area contributed by atoms with Crippen molar-refractivity contribution < 1.29 is 28.3 Å².